The van der Waals surface area contributed by atoms with Crippen LogP contribution in [0.5, 0.6) is 0 Å². The van der Waals surface area contributed by atoms with Gasteiger partial charge in [-0.2, -0.15) is 0 Å². The molecule has 0 radical (unpaired) electrons. The molecule has 0 heterocycles. The molecule has 296 valence electrons. The van der Waals surface area contributed by atoms with Crippen molar-refractivity contribution >= 4 is 0 Å². The number of allylic oxidation sites excluding steroid dienone is 2. The van der Waals surface area contributed by atoms with E-state index in [1.54, 1.807) is 32.1 Å². The summed E-state index contributed by atoms with van der Waals surface area (Å²) in [5.74, 6) is 9.83. The molecule has 8 aliphatic rings. The van der Waals surface area contributed by atoms with Crippen molar-refractivity contribution in [3.05, 3.63) is 12.2 Å². The van der Waals surface area contributed by atoms with Crippen molar-refractivity contribution in [2.24, 2.45) is 59.2 Å². The Kier molecular flexibility index (Phi) is 13.2. The zero-order chi connectivity index (χ0) is 35.6. The van der Waals surface area contributed by atoms with Gasteiger partial charge in [-0.1, -0.05) is 39.8 Å². The van der Waals surface area contributed by atoms with Crippen LogP contribution in [0.15, 0.2) is 12.2 Å². The zero-order valence-corrected chi connectivity index (χ0v) is 35.1. The van der Waals surface area contributed by atoms with Crippen LogP contribution in [0.4, 0.5) is 0 Å². The summed E-state index contributed by atoms with van der Waals surface area (Å²) in [6, 6.07) is 5.40. The fourth-order valence-electron chi connectivity index (χ4n) is 15.1. The average Bonchev–Trinajstić information content (AvgIpc) is 3.17. The first-order chi connectivity index (χ1) is 25.4. The maximum absolute atomic E-state index is 3.25. The second-order valence-corrected chi connectivity index (χ2v) is 22.0. The molecule has 6 unspecified atom stereocenters. The van der Waals surface area contributed by atoms with Gasteiger partial charge in [0.05, 0.1) is 0 Å². The lowest BCUT2D eigenvalue weighted by Crippen LogP contribution is -2.54. The summed E-state index contributed by atoms with van der Waals surface area (Å²) in [5, 5.41) is 0. The van der Waals surface area contributed by atoms with Gasteiger partial charge >= 0.3 is 0 Å². The van der Waals surface area contributed by atoms with Crippen LogP contribution < -0.4 is 0 Å². The van der Waals surface area contributed by atoms with E-state index in [0.29, 0.717) is 0 Å². The Morgan fingerprint density at radius 3 is 1.04 bits per heavy atom. The third-order valence-electron chi connectivity index (χ3n) is 18.4. The van der Waals surface area contributed by atoms with E-state index in [-0.39, 0.29) is 0 Å². The molecular formula is C50H86N2. The fourth-order valence-corrected chi connectivity index (χ4v) is 15.1. The smallest absolute Gasteiger partial charge is 0.0104 e. The number of hydrogen-bond donors (Lipinski definition) is 0. The van der Waals surface area contributed by atoms with Crippen molar-refractivity contribution in [2.75, 3.05) is 0 Å². The van der Waals surface area contributed by atoms with E-state index in [9.17, 15) is 0 Å². The molecule has 0 saturated heterocycles. The van der Waals surface area contributed by atoms with Crippen molar-refractivity contribution in [1.29, 1.82) is 0 Å². The van der Waals surface area contributed by atoms with Crippen LogP contribution in [0, 0.1) is 59.2 Å². The van der Waals surface area contributed by atoms with Gasteiger partial charge in [-0.05, 0) is 239 Å². The maximum atomic E-state index is 3.25. The van der Waals surface area contributed by atoms with Crippen LogP contribution in [-0.2, 0) is 0 Å². The molecule has 0 amide bonds. The van der Waals surface area contributed by atoms with Gasteiger partial charge in [-0.25, -0.2) is 0 Å². The van der Waals surface area contributed by atoms with Gasteiger partial charge in [-0.3, -0.25) is 9.80 Å². The molecule has 0 aliphatic heterocycles. The van der Waals surface area contributed by atoms with Crippen molar-refractivity contribution < 1.29 is 0 Å². The molecule has 8 rings (SSSR count). The van der Waals surface area contributed by atoms with Crippen LogP contribution in [0.1, 0.15) is 207 Å². The minimum Gasteiger partial charge on any atom is -0.294 e. The van der Waals surface area contributed by atoms with E-state index in [2.05, 4.69) is 49.6 Å². The number of fused-ring (bicyclic) bond motifs is 3. The van der Waals surface area contributed by atoms with Crippen LogP contribution in [0.25, 0.3) is 0 Å². The largest absolute Gasteiger partial charge is 0.294 e. The summed E-state index contributed by atoms with van der Waals surface area (Å²) in [4.78, 5) is 6.44. The third-order valence-corrected chi connectivity index (χ3v) is 18.4. The predicted octanol–water partition coefficient (Wildman–Crippen LogP) is 13.6. The van der Waals surface area contributed by atoms with E-state index in [1.165, 1.54) is 148 Å². The van der Waals surface area contributed by atoms with Gasteiger partial charge < -0.3 is 0 Å². The third kappa shape index (κ3) is 9.10. The Morgan fingerprint density at radius 1 is 0.288 bits per heavy atom. The summed E-state index contributed by atoms with van der Waals surface area (Å²) in [7, 11) is 0. The molecule has 0 aromatic heterocycles. The van der Waals surface area contributed by atoms with Crippen LogP contribution in [0.2, 0.25) is 0 Å². The van der Waals surface area contributed by atoms with Crippen LogP contribution >= 0.6 is 0 Å². The van der Waals surface area contributed by atoms with Gasteiger partial charge in [0.25, 0.3) is 0 Å². The molecule has 0 aromatic carbocycles. The van der Waals surface area contributed by atoms with E-state index in [0.717, 1.165) is 95.4 Å². The predicted molar refractivity (Wildman–Crippen MR) is 222 cm³/mol. The first-order valence-electron chi connectivity index (χ1n) is 24.6. The standard InChI is InChI=1S/C50H86N2/c1-35-5-20-43(21-6-35)51(44-22-7-36(2)8-23-44)47-28-15-39(16-29-47)13-14-40-17-31-49-41(33-40)18-19-42-34-48(30-32-50(42)49)52(45-24-9-37(3)10-25-45)46-26-11-38(4)12-27-46/h13-14,35-50H,5-12,15-34H2,1-4H3/b14-13+. The summed E-state index contributed by atoms with van der Waals surface area (Å²) in [5.41, 5.74) is 0. The number of nitrogens with zero attached hydrogens (tertiary/aromatic N) is 2. The normalized spacial score (nSPS) is 48.0. The minimum atomic E-state index is 0.863. The number of rotatable bonds is 8. The SMILES string of the molecule is CC1CCC(N(C2CCC(C)CC2)C2CCC(/C=C/C3CCC4C(CCC5CC(N(C6CCC(C)CC6)C6CCC(C)CC6)CCC54)C3)CC2)CC1. The Bertz CT molecular complexity index is 1050. The second-order valence-electron chi connectivity index (χ2n) is 22.0. The van der Waals surface area contributed by atoms with Gasteiger partial charge in [0.15, 0.2) is 0 Å². The van der Waals surface area contributed by atoms with Crippen molar-refractivity contribution in [2.45, 2.75) is 244 Å². The first-order valence-corrected chi connectivity index (χ1v) is 24.6. The molecule has 0 spiro atoms. The quantitative estimate of drug-likeness (QED) is 0.231. The lowest BCUT2D eigenvalue weighted by molar-refractivity contribution is -0.0441. The highest BCUT2D eigenvalue weighted by Gasteiger charge is 2.47. The summed E-state index contributed by atoms with van der Waals surface area (Å²) < 4.78 is 0. The molecular weight excluding hydrogens is 629 g/mol. The highest BCUT2D eigenvalue weighted by molar-refractivity contribution is 5.03. The van der Waals surface area contributed by atoms with E-state index < -0.39 is 0 Å². The highest BCUT2D eigenvalue weighted by Crippen LogP contribution is 2.54. The first kappa shape index (κ1) is 38.5. The number of hydrogen-bond acceptors (Lipinski definition) is 2. The van der Waals surface area contributed by atoms with Crippen LogP contribution in [0.3, 0.4) is 0 Å². The molecule has 8 fully saturated rings. The molecule has 8 saturated carbocycles. The molecule has 2 nitrogen and oxygen atoms in total. The van der Waals surface area contributed by atoms with Crippen LogP contribution in [-0.4, -0.2) is 46.1 Å². The lowest BCUT2D eigenvalue weighted by atomic mass is 9.55. The molecule has 2 heteroatoms. The maximum Gasteiger partial charge on any atom is 0.0104 e. The van der Waals surface area contributed by atoms with Gasteiger partial charge in [-0.15, -0.1) is 0 Å². The van der Waals surface area contributed by atoms with E-state index in [4.69, 9.17) is 0 Å². The zero-order valence-electron chi connectivity index (χ0n) is 35.1. The summed E-state index contributed by atoms with van der Waals surface area (Å²) in [6.07, 6.45) is 47.6. The second kappa shape index (κ2) is 17.9. The Hall–Kier alpha value is -0.340. The molecule has 0 N–H and O–H groups in total. The Morgan fingerprint density at radius 2 is 0.596 bits per heavy atom. The lowest BCUT2D eigenvalue weighted by Gasteiger charge is -2.54. The summed E-state index contributed by atoms with van der Waals surface area (Å²) >= 11 is 0. The van der Waals surface area contributed by atoms with Crippen molar-refractivity contribution in [3.63, 3.8) is 0 Å². The van der Waals surface area contributed by atoms with Gasteiger partial charge in [0, 0.05) is 36.3 Å². The van der Waals surface area contributed by atoms with Crippen molar-refractivity contribution in [3.8, 4) is 0 Å². The molecule has 52 heavy (non-hydrogen) atoms. The van der Waals surface area contributed by atoms with E-state index >= 15 is 0 Å². The summed E-state index contributed by atoms with van der Waals surface area (Å²) in [6.45, 7) is 10.1. The average molecular weight is 715 g/mol. The van der Waals surface area contributed by atoms with Gasteiger partial charge in [0.1, 0.15) is 0 Å². The minimum absolute atomic E-state index is 0.863. The van der Waals surface area contributed by atoms with Crippen molar-refractivity contribution in [1.82, 2.24) is 9.80 Å². The monoisotopic (exact) mass is 715 g/mol. The van der Waals surface area contributed by atoms with E-state index in [1.807, 2.05) is 0 Å². The Balaban J connectivity index is 0.822. The molecule has 8 aliphatic carbocycles. The molecule has 6 atom stereocenters. The highest BCUT2D eigenvalue weighted by atomic mass is 15.2. The topological polar surface area (TPSA) is 6.48 Å². The fraction of sp³-hybridized carbons (Fsp3) is 0.960. The Labute approximate surface area is 323 Å². The molecule has 0 aromatic rings. The molecule has 0 bridgehead atoms. The van der Waals surface area contributed by atoms with Gasteiger partial charge in [0.2, 0.25) is 0 Å².